The maximum Gasteiger partial charge on any atom is 0.337 e. The topological polar surface area (TPSA) is 88.5 Å². The molecule has 0 aliphatic carbocycles. The van der Waals surface area contributed by atoms with Gasteiger partial charge in [-0.15, -0.1) is 0 Å². The van der Waals surface area contributed by atoms with Crippen LogP contribution in [0.3, 0.4) is 0 Å². The summed E-state index contributed by atoms with van der Waals surface area (Å²) in [4.78, 5) is 28.8. The van der Waals surface area contributed by atoms with Crippen LogP contribution in [-0.4, -0.2) is 86.6 Å². The quantitative estimate of drug-likeness (QED) is 0.495. The molecule has 0 radical (unpaired) electrons. The molecule has 0 unspecified atom stereocenters. The van der Waals surface area contributed by atoms with E-state index in [4.69, 9.17) is 19.3 Å². The maximum absolute atomic E-state index is 13.1. The lowest BCUT2D eigenvalue weighted by atomic mass is 9.92. The molecule has 170 valence electrons. The van der Waals surface area contributed by atoms with E-state index in [-0.39, 0.29) is 24.4 Å². The molecule has 2 aliphatic heterocycles. The SMILES string of the molecule is COC(=O)c1ccc([C@H]2C=C(C(=O)N3CCN(C)CC3)O[C@@H](OCCCCO)C2)cc1. The summed E-state index contributed by atoms with van der Waals surface area (Å²) in [6.45, 7) is 3.57. The Morgan fingerprint density at radius 3 is 2.48 bits per heavy atom. The highest BCUT2D eigenvalue weighted by atomic mass is 16.7. The number of esters is 1. The van der Waals surface area contributed by atoms with Crippen LogP contribution in [0.1, 0.15) is 41.1 Å². The Morgan fingerprint density at radius 1 is 1.13 bits per heavy atom. The zero-order valence-corrected chi connectivity index (χ0v) is 18.3. The van der Waals surface area contributed by atoms with Crippen molar-refractivity contribution in [2.75, 3.05) is 53.6 Å². The van der Waals surface area contributed by atoms with Gasteiger partial charge in [-0.3, -0.25) is 4.79 Å². The summed E-state index contributed by atoms with van der Waals surface area (Å²) in [7, 11) is 3.40. The molecule has 2 aliphatic rings. The molecule has 1 aromatic rings. The molecular formula is C23H32N2O6. The number of carbonyl (C=O) groups excluding carboxylic acids is 2. The van der Waals surface area contributed by atoms with E-state index in [1.807, 2.05) is 30.2 Å². The molecule has 2 atom stereocenters. The molecule has 0 bridgehead atoms. The Balaban J connectivity index is 1.76. The number of piperazine rings is 1. The zero-order valence-electron chi connectivity index (χ0n) is 18.3. The van der Waals surface area contributed by atoms with Gasteiger partial charge in [-0.2, -0.15) is 0 Å². The Morgan fingerprint density at radius 2 is 1.84 bits per heavy atom. The van der Waals surface area contributed by atoms with E-state index in [0.29, 0.717) is 43.9 Å². The van der Waals surface area contributed by atoms with Gasteiger partial charge in [-0.05, 0) is 43.7 Å². The Hall–Kier alpha value is -2.42. The van der Waals surface area contributed by atoms with Crippen LogP contribution in [0.4, 0.5) is 0 Å². The summed E-state index contributed by atoms with van der Waals surface area (Å²) in [6.07, 6.45) is 3.27. The fourth-order valence-electron chi connectivity index (χ4n) is 3.72. The first kappa shape index (κ1) is 23.2. The van der Waals surface area contributed by atoms with Gasteiger partial charge in [-0.25, -0.2) is 4.79 Å². The highest BCUT2D eigenvalue weighted by Crippen LogP contribution is 2.32. The van der Waals surface area contributed by atoms with Gasteiger partial charge in [0.2, 0.25) is 6.29 Å². The number of aliphatic hydroxyl groups excluding tert-OH is 1. The van der Waals surface area contributed by atoms with E-state index in [9.17, 15) is 9.59 Å². The van der Waals surface area contributed by atoms with Crippen LogP contribution in [0.15, 0.2) is 36.1 Å². The van der Waals surface area contributed by atoms with Gasteiger partial charge in [0.15, 0.2) is 5.76 Å². The second kappa shape index (κ2) is 11.3. The normalized spacial score (nSPS) is 21.9. The number of hydrogen-bond donors (Lipinski definition) is 1. The zero-order chi connectivity index (χ0) is 22.2. The number of benzene rings is 1. The summed E-state index contributed by atoms with van der Waals surface area (Å²) in [5.74, 6) is -0.266. The summed E-state index contributed by atoms with van der Waals surface area (Å²) >= 11 is 0. The highest BCUT2D eigenvalue weighted by Gasteiger charge is 2.32. The Labute approximate surface area is 183 Å². The fraction of sp³-hybridized carbons (Fsp3) is 0.565. The second-order valence-electron chi connectivity index (χ2n) is 7.93. The molecular weight excluding hydrogens is 400 g/mol. The molecule has 1 N–H and O–H groups in total. The lowest BCUT2D eigenvalue weighted by Gasteiger charge is -2.35. The van der Waals surface area contributed by atoms with Crippen LogP contribution in [0.2, 0.25) is 0 Å². The molecule has 0 aromatic heterocycles. The highest BCUT2D eigenvalue weighted by molar-refractivity contribution is 5.92. The molecule has 31 heavy (non-hydrogen) atoms. The van der Waals surface area contributed by atoms with Crippen molar-refractivity contribution in [1.82, 2.24) is 9.80 Å². The number of nitrogens with zero attached hydrogens (tertiary/aromatic N) is 2. The van der Waals surface area contributed by atoms with Crippen molar-refractivity contribution < 1.29 is 28.9 Å². The van der Waals surface area contributed by atoms with Crippen molar-refractivity contribution in [2.45, 2.75) is 31.5 Å². The molecule has 2 heterocycles. The predicted molar refractivity (Wildman–Crippen MR) is 114 cm³/mol. The standard InChI is InChI=1S/C23H32N2O6/c1-24-9-11-25(12-10-24)22(27)20-15-19(16-21(31-20)30-14-4-3-13-26)17-5-7-18(8-6-17)23(28)29-2/h5-8,15,19,21,26H,3-4,9-14,16H2,1-2H3/t19-,21+/m0/s1. The average Bonchev–Trinajstić information content (AvgIpc) is 2.81. The first-order chi connectivity index (χ1) is 15.0. The first-order valence-electron chi connectivity index (χ1n) is 10.8. The number of aliphatic hydroxyl groups is 1. The van der Waals surface area contributed by atoms with E-state index in [0.717, 1.165) is 25.1 Å². The Kier molecular flexibility index (Phi) is 8.45. The molecule has 3 rings (SSSR count). The van der Waals surface area contributed by atoms with E-state index in [1.54, 1.807) is 12.1 Å². The maximum atomic E-state index is 13.1. The number of methoxy groups -OCH3 is 1. The van der Waals surface area contributed by atoms with Crippen LogP contribution in [0.25, 0.3) is 0 Å². The molecule has 8 heteroatoms. The minimum Gasteiger partial charge on any atom is -0.465 e. The second-order valence-corrected chi connectivity index (χ2v) is 7.93. The van der Waals surface area contributed by atoms with Crippen molar-refractivity contribution in [1.29, 1.82) is 0 Å². The molecule has 0 spiro atoms. The van der Waals surface area contributed by atoms with Crippen LogP contribution in [-0.2, 0) is 19.0 Å². The molecule has 1 saturated heterocycles. The van der Waals surface area contributed by atoms with Crippen molar-refractivity contribution >= 4 is 11.9 Å². The van der Waals surface area contributed by atoms with E-state index in [1.165, 1.54) is 7.11 Å². The number of ether oxygens (including phenoxy) is 3. The number of allylic oxidation sites excluding steroid dienone is 1. The molecule has 1 fully saturated rings. The average molecular weight is 433 g/mol. The van der Waals surface area contributed by atoms with Crippen LogP contribution >= 0.6 is 0 Å². The van der Waals surface area contributed by atoms with Crippen molar-refractivity contribution in [3.63, 3.8) is 0 Å². The third kappa shape index (κ3) is 6.29. The number of rotatable bonds is 8. The minimum absolute atomic E-state index is 0.0743. The number of unbranched alkanes of at least 4 members (excludes halogenated alkanes) is 1. The molecule has 1 aromatic carbocycles. The monoisotopic (exact) mass is 432 g/mol. The minimum atomic E-state index is -0.541. The van der Waals surface area contributed by atoms with Crippen molar-refractivity contribution in [3.8, 4) is 0 Å². The summed E-state index contributed by atoms with van der Waals surface area (Å²) in [5.41, 5.74) is 1.46. The largest absolute Gasteiger partial charge is 0.465 e. The molecule has 1 amide bonds. The fourth-order valence-corrected chi connectivity index (χ4v) is 3.72. The smallest absolute Gasteiger partial charge is 0.337 e. The molecule has 0 saturated carbocycles. The predicted octanol–water partition coefficient (Wildman–Crippen LogP) is 1.75. The third-order valence-corrected chi connectivity index (χ3v) is 5.67. The number of likely N-dealkylation sites (N-methyl/N-ethyl adjacent to an activating group) is 1. The summed E-state index contributed by atoms with van der Waals surface area (Å²) in [5, 5.41) is 8.97. The Bertz CT molecular complexity index is 771. The molecule has 8 nitrogen and oxygen atoms in total. The lowest BCUT2D eigenvalue weighted by Crippen LogP contribution is -2.48. The van der Waals surface area contributed by atoms with E-state index < -0.39 is 6.29 Å². The van der Waals surface area contributed by atoms with Gasteiger partial charge >= 0.3 is 5.97 Å². The van der Waals surface area contributed by atoms with Gasteiger partial charge in [0.05, 0.1) is 19.3 Å². The van der Waals surface area contributed by atoms with Crippen LogP contribution < -0.4 is 0 Å². The van der Waals surface area contributed by atoms with Gasteiger partial charge in [0, 0.05) is 45.1 Å². The third-order valence-electron chi connectivity index (χ3n) is 5.67. The van der Waals surface area contributed by atoms with Gasteiger partial charge < -0.3 is 29.1 Å². The lowest BCUT2D eigenvalue weighted by molar-refractivity contribution is -0.153. The van der Waals surface area contributed by atoms with E-state index in [2.05, 4.69) is 4.90 Å². The first-order valence-corrected chi connectivity index (χ1v) is 10.8. The number of hydrogen-bond acceptors (Lipinski definition) is 7. The summed E-state index contributed by atoms with van der Waals surface area (Å²) in [6, 6.07) is 7.20. The summed E-state index contributed by atoms with van der Waals surface area (Å²) < 4.78 is 16.6. The van der Waals surface area contributed by atoms with Crippen molar-refractivity contribution in [3.05, 3.63) is 47.2 Å². The number of amides is 1. The van der Waals surface area contributed by atoms with E-state index >= 15 is 0 Å². The van der Waals surface area contributed by atoms with Crippen LogP contribution in [0.5, 0.6) is 0 Å². The van der Waals surface area contributed by atoms with Gasteiger partial charge in [0.1, 0.15) is 0 Å². The van der Waals surface area contributed by atoms with Crippen molar-refractivity contribution in [2.24, 2.45) is 0 Å². The van der Waals surface area contributed by atoms with Crippen LogP contribution in [0, 0.1) is 0 Å². The van der Waals surface area contributed by atoms with Gasteiger partial charge in [-0.1, -0.05) is 12.1 Å². The van der Waals surface area contributed by atoms with Gasteiger partial charge in [0.25, 0.3) is 5.91 Å². The number of carbonyl (C=O) groups is 2.